The molecule has 0 unspecified atom stereocenters. The molecule has 0 atom stereocenters. The molecule has 0 radical (unpaired) electrons. The van der Waals surface area contributed by atoms with Crippen molar-refractivity contribution in [2.75, 3.05) is 20.8 Å². The first-order chi connectivity index (χ1) is 12.0. The Morgan fingerprint density at radius 3 is 2.28 bits per heavy atom. The van der Waals surface area contributed by atoms with E-state index in [0.717, 1.165) is 11.1 Å². The Morgan fingerprint density at radius 1 is 1.00 bits per heavy atom. The zero-order valence-corrected chi connectivity index (χ0v) is 14.5. The number of carbonyl (C=O) groups excluding carboxylic acids is 2. The Balaban J connectivity index is 1.87. The van der Waals surface area contributed by atoms with E-state index < -0.39 is 5.97 Å². The molecule has 2 aromatic rings. The van der Waals surface area contributed by atoms with Gasteiger partial charge in [0.1, 0.15) is 11.5 Å². The fourth-order valence-corrected chi connectivity index (χ4v) is 2.21. The van der Waals surface area contributed by atoms with Gasteiger partial charge >= 0.3 is 5.97 Å². The van der Waals surface area contributed by atoms with Gasteiger partial charge in [0.05, 0.1) is 19.8 Å². The second-order valence-corrected chi connectivity index (χ2v) is 5.44. The van der Waals surface area contributed by atoms with Gasteiger partial charge in [0.15, 0.2) is 6.61 Å². The van der Waals surface area contributed by atoms with E-state index in [1.165, 1.54) is 26.4 Å². The summed E-state index contributed by atoms with van der Waals surface area (Å²) in [6.07, 6.45) is 0. The first-order valence-corrected chi connectivity index (χ1v) is 7.74. The first-order valence-electron chi connectivity index (χ1n) is 7.74. The molecule has 0 heterocycles. The lowest BCUT2D eigenvalue weighted by Gasteiger charge is -2.09. The molecule has 0 spiro atoms. The predicted molar refractivity (Wildman–Crippen MR) is 92.9 cm³/mol. The van der Waals surface area contributed by atoms with Gasteiger partial charge in [-0.2, -0.15) is 0 Å². The topological polar surface area (TPSA) is 73.9 Å². The Hall–Kier alpha value is -3.02. The molecule has 25 heavy (non-hydrogen) atoms. The van der Waals surface area contributed by atoms with Gasteiger partial charge in [-0.15, -0.1) is 0 Å². The summed E-state index contributed by atoms with van der Waals surface area (Å²) >= 11 is 0. The zero-order chi connectivity index (χ0) is 18.2. The molecule has 0 bridgehead atoms. The standard InChI is InChI=1S/C19H21NO5/c1-13-5-4-6-14(7-13)11-20-18(21)12-25-19(22)15-8-16(23-2)10-17(9-15)24-3/h4-10H,11-12H2,1-3H3,(H,20,21). The average Bonchev–Trinajstić information content (AvgIpc) is 2.63. The summed E-state index contributed by atoms with van der Waals surface area (Å²) in [5.74, 6) is -0.0574. The molecule has 0 saturated carbocycles. The van der Waals surface area contributed by atoms with E-state index in [1.807, 2.05) is 31.2 Å². The third-order valence-electron chi connectivity index (χ3n) is 3.49. The minimum Gasteiger partial charge on any atom is -0.497 e. The Bertz CT molecular complexity index is 735. The van der Waals surface area contributed by atoms with Crippen LogP contribution in [0.4, 0.5) is 0 Å². The van der Waals surface area contributed by atoms with Crippen LogP contribution in [0.2, 0.25) is 0 Å². The Labute approximate surface area is 146 Å². The average molecular weight is 343 g/mol. The Morgan fingerprint density at radius 2 is 1.68 bits per heavy atom. The summed E-state index contributed by atoms with van der Waals surface area (Å²) in [7, 11) is 2.98. The summed E-state index contributed by atoms with van der Waals surface area (Å²) in [6.45, 7) is 2.00. The number of methoxy groups -OCH3 is 2. The van der Waals surface area contributed by atoms with Gasteiger partial charge in [0.2, 0.25) is 0 Å². The van der Waals surface area contributed by atoms with E-state index in [1.54, 1.807) is 6.07 Å². The van der Waals surface area contributed by atoms with Crippen molar-refractivity contribution in [3.05, 3.63) is 59.2 Å². The van der Waals surface area contributed by atoms with E-state index in [2.05, 4.69) is 5.32 Å². The second-order valence-electron chi connectivity index (χ2n) is 5.44. The van der Waals surface area contributed by atoms with Crippen LogP contribution in [0.1, 0.15) is 21.5 Å². The van der Waals surface area contributed by atoms with Gasteiger partial charge in [-0.1, -0.05) is 29.8 Å². The maximum Gasteiger partial charge on any atom is 0.338 e. The van der Waals surface area contributed by atoms with Crippen molar-refractivity contribution < 1.29 is 23.8 Å². The molecule has 0 aliphatic heterocycles. The van der Waals surface area contributed by atoms with E-state index in [4.69, 9.17) is 14.2 Å². The van der Waals surface area contributed by atoms with Gasteiger partial charge < -0.3 is 19.5 Å². The second kappa shape index (κ2) is 8.73. The number of ether oxygens (including phenoxy) is 3. The zero-order valence-electron chi connectivity index (χ0n) is 14.5. The number of amides is 1. The SMILES string of the molecule is COc1cc(OC)cc(C(=O)OCC(=O)NCc2cccc(C)c2)c1. The third-order valence-corrected chi connectivity index (χ3v) is 3.49. The van der Waals surface area contributed by atoms with Crippen molar-refractivity contribution in [3.63, 3.8) is 0 Å². The van der Waals surface area contributed by atoms with Crippen LogP contribution in [-0.4, -0.2) is 32.7 Å². The number of hydrogen-bond donors (Lipinski definition) is 1. The minimum absolute atomic E-state index is 0.252. The maximum atomic E-state index is 12.1. The number of esters is 1. The van der Waals surface area contributed by atoms with Crippen LogP contribution in [0.3, 0.4) is 0 Å². The summed E-state index contributed by atoms with van der Waals surface area (Å²) in [6, 6.07) is 12.5. The quantitative estimate of drug-likeness (QED) is 0.782. The van der Waals surface area contributed by atoms with Crippen molar-refractivity contribution in [1.82, 2.24) is 5.32 Å². The molecule has 2 aromatic carbocycles. The summed E-state index contributed by atoms with van der Waals surface area (Å²) < 4.78 is 15.2. The lowest BCUT2D eigenvalue weighted by molar-refractivity contribution is -0.124. The van der Waals surface area contributed by atoms with Crippen molar-refractivity contribution in [2.45, 2.75) is 13.5 Å². The number of nitrogens with one attached hydrogen (secondary N) is 1. The highest BCUT2D eigenvalue weighted by molar-refractivity contribution is 5.92. The van der Waals surface area contributed by atoms with E-state index in [0.29, 0.717) is 18.0 Å². The van der Waals surface area contributed by atoms with E-state index in [-0.39, 0.29) is 18.1 Å². The van der Waals surface area contributed by atoms with Crippen molar-refractivity contribution in [1.29, 1.82) is 0 Å². The number of hydrogen-bond acceptors (Lipinski definition) is 5. The molecule has 132 valence electrons. The van der Waals surface area contributed by atoms with E-state index >= 15 is 0 Å². The molecule has 1 amide bonds. The maximum absolute atomic E-state index is 12.1. The van der Waals surface area contributed by atoms with Crippen molar-refractivity contribution >= 4 is 11.9 Å². The lowest BCUT2D eigenvalue weighted by atomic mass is 10.1. The van der Waals surface area contributed by atoms with E-state index in [9.17, 15) is 9.59 Å². The number of aryl methyl sites for hydroxylation is 1. The molecule has 0 aliphatic rings. The molecular formula is C19H21NO5. The van der Waals surface area contributed by atoms with Gasteiger partial charge in [0, 0.05) is 12.6 Å². The van der Waals surface area contributed by atoms with Crippen molar-refractivity contribution in [3.8, 4) is 11.5 Å². The number of benzene rings is 2. The fraction of sp³-hybridized carbons (Fsp3) is 0.263. The molecule has 1 N–H and O–H groups in total. The number of rotatable bonds is 7. The lowest BCUT2D eigenvalue weighted by Crippen LogP contribution is -2.28. The smallest absolute Gasteiger partial charge is 0.338 e. The molecule has 6 heteroatoms. The van der Waals surface area contributed by atoms with Crippen LogP contribution in [0.15, 0.2) is 42.5 Å². The minimum atomic E-state index is -0.622. The fourth-order valence-electron chi connectivity index (χ4n) is 2.21. The molecular weight excluding hydrogens is 322 g/mol. The van der Waals surface area contributed by atoms with Gasteiger partial charge in [0.25, 0.3) is 5.91 Å². The Kier molecular flexibility index (Phi) is 6.39. The normalized spacial score (nSPS) is 10.0. The molecule has 0 fully saturated rings. The van der Waals surface area contributed by atoms with Crippen LogP contribution in [-0.2, 0) is 16.1 Å². The molecule has 0 aliphatic carbocycles. The summed E-state index contributed by atoms with van der Waals surface area (Å²) in [5, 5.41) is 2.71. The molecule has 6 nitrogen and oxygen atoms in total. The van der Waals surface area contributed by atoms with Crippen LogP contribution in [0.25, 0.3) is 0 Å². The first kappa shape index (κ1) is 18.3. The molecule has 0 aromatic heterocycles. The summed E-state index contributed by atoms with van der Waals surface area (Å²) in [5.41, 5.74) is 2.35. The van der Waals surface area contributed by atoms with Crippen LogP contribution in [0.5, 0.6) is 11.5 Å². The van der Waals surface area contributed by atoms with Crippen molar-refractivity contribution in [2.24, 2.45) is 0 Å². The molecule has 0 saturated heterocycles. The highest BCUT2D eigenvalue weighted by Gasteiger charge is 2.13. The molecule has 2 rings (SSSR count). The highest BCUT2D eigenvalue weighted by atomic mass is 16.5. The van der Waals surface area contributed by atoms with Crippen LogP contribution < -0.4 is 14.8 Å². The monoisotopic (exact) mass is 343 g/mol. The summed E-state index contributed by atoms with van der Waals surface area (Å²) in [4.78, 5) is 23.9. The predicted octanol–water partition coefficient (Wildman–Crippen LogP) is 2.49. The van der Waals surface area contributed by atoms with Crippen LogP contribution >= 0.6 is 0 Å². The van der Waals surface area contributed by atoms with Gasteiger partial charge in [-0.05, 0) is 24.6 Å². The highest BCUT2D eigenvalue weighted by Crippen LogP contribution is 2.22. The van der Waals surface area contributed by atoms with Gasteiger partial charge in [-0.25, -0.2) is 4.79 Å². The largest absolute Gasteiger partial charge is 0.497 e. The van der Waals surface area contributed by atoms with Crippen LogP contribution in [0, 0.1) is 6.92 Å². The number of carbonyl (C=O) groups is 2. The third kappa shape index (κ3) is 5.53. The van der Waals surface area contributed by atoms with Gasteiger partial charge in [-0.3, -0.25) is 4.79 Å².